The van der Waals surface area contributed by atoms with Gasteiger partial charge in [-0.25, -0.2) is 9.97 Å². The van der Waals surface area contributed by atoms with Crippen LogP contribution >= 0.6 is 11.8 Å². The van der Waals surface area contributed by atoms with Gasteiger partial charge in [0.2, 0.25) is 0 Å². The summed E-state index contributed by atoms with van der Waals surface area (Å²) in [4.78, 5) is 10.5. The van der Waals surface area contributed by atoms with Crippen molar-refractivity contribution in [3.05, 3.63) is 47.9 Å². The molecule has 132 valence electrons. The van der Waals surface area contributed by atoms with Gasteiger partial charge in [-0.3, -0.25) is 5.43 Å². The van der Waals surface area contributed by atoms with Crippen LogP contribution in [0.15, 0.2) is 46.8 Å². The van der Waals surface area contributed by atoms with Gasteiger partial charge in [-0.2, -0.15) is 18.3 Å². The highest BCUT2D eigenvalue weighted by molar-refractivity contribution is 7.99. The standard InChI is InChI=1S/C17H12F3N5S/c1-2-7-26-16-23-14(17(18,19)20)8-15(24-16)25-22-10-13-12-6-4-3-5-11(12)9-21-13/h1,3-6,8-10,21H,7H2,(H,23,24,25)/b22-10+. The van der Waals surface area contributed by atoms with Crippen molar-refractivity contribution in [1.82, 2.24) is 15.0 Å². The topological polar surface area (TPSA) is 66.0 Å². The van der Waals surface area contributed by atoms with E-state index in [0.717, 1.165) is 34.3 Å². The van der Waals surface area contributed by atoms with Crippen LogP contribution in [0.3, 0.4) is 0 Å². The van der Waals surface area contributed by atoms with Crippen molar-refractivity contribution in [2.45, 2.75) is 11.3 Å². The molecule has 0 spiro atoms. The molecule has 0 aliphatic rings. The number of halogens is 3. The molecule has 2 aromatic heterocycles. The minimum Gasteiger partial charge on any atom is -0.359 e. The Bertz CT molecular complexity index is 988. The van der Waals surface area contributed by atoms with Crippen molar-refractivity contribution < 1.29 is 13.2 Å². The van der Waals surface area contributed by atoms with E-state index in [0.29, 0.717) is 0 Å². The van der Waals surface area contributed by atoms with Crippen LogP contribution in [0.1, 0.15) is 11.4 Å². The molecule has 0 aliphatic carbocycles. The number of aromatic nitrogens is 3. The molecular formula is C17H12F3N5S. The van der Waals surface area contributed by atoms with E-state index in [-0.39, 0.29) is 16.7 Å². The highest BCUT2D eigenvalue weighted by Gasteiger charge is 2.33. The van der Waals surface area contributed by atoms with Crippen LogP contribution in [0.2, 0.25) is 0 Å². The number of terminal acetylenes is 1. The lowest BCUT2D eigenvalue weighted by atomic mass is 10.2. The summed E-state index contributed by atoms with van der Waals surface area (Å²) in [6.07, 6.45) is 3.83. The Morgan fingerprint density at radius 1 is 1.31 bits per heavy atom. The van der Waals surface area contributed by atoms with E-state index < -0.39 is 11.9 Å². The summed E-state index contributed by atoms with van der Waals surface area (Å²) in [6.45, 7) is 0. The Morgan fingerprint density at radius 2 is 2.12 bits per heavy atom. The Hall–Kier alpha value is -2.99. The predicted molar refractivity (Wildman–Crippen MR) is 96.1 cm³/mol. The smallest absolute Gasteiger partial charge is 0.359 e. The summed E-state index contributed by atoms with van der Waals surface area (Å²) in [5.41, 5.74) is 2.17. The number of alkyl halides is 3. The summed E-state index contributed by atoms with van der Waals surface area (Å²) in [7, 11) is 0. The quantitative estimate of drug-likeness (QED) is 0.231. The zero-order chi connectivity index (χ0) is 18.6. The Kier molecular flexibility index (Phi) is 5.14. The first kappa shape index (κ1) is 17.8. The maximum Gasteiger partial charge on any atom is 0.433 e. The monoisotopic (exact) mass is 375 g/mol. The summed E-state index contributed by atoms with van der Waals surface area (Å²) in [5.74, 6) is 2.41. The van der Waals surface area contributed by atoms with Gasteiger partial charge in [-0.15, -0.1) is 6.42 Å². The predicted octanol–water partition coefficient (Wildman–Crippen LogP) is 4.15. The van der Waals surface area contributed by atoms with Gasteiger partial charge in [0.15, 0.2) is 16.7 Å². The number of benzene rings is 1. The lowest BCUT2D eigenvalue weighted by Gasteiger charge is -2.09. The number of nitrogens with zero attached hydrogens (tertiary/aromatic N) is 3. The highest BCUT2D eigenvalue weighted by Crippen LogP contribution is 2.30. The van der Waals surface area contributed by atoms with Gasteiger partial charge in [0.25, 0.3) is 0 Å². The van der Waals surface area contributed by atoms with Gasteiger partial charge in [0, 0.05) is 17.6 Å². The molecule has 3 rings (SSSR count). The van der Waals surface area contributed by atoms with Crippen LogP contribution in [-0.4, -0.2) is 26.9 Å². The number of hydrazone groups is 1. The molecule has 0 aliphatic heterocycles. The van der Waals surface area contributed by atoms with Crippen molar-refractivity contribution in [3.63, 3.8) is 0 Å². The van der Waals surface area contributed by atoms with Gasteiger partial charge >= 0.3 is 6.18 Å². The Labute approximate surface area is 151 Å². The fourth-order valence-corrected chi connectivity index (χ4v) is 2.71. The molecule has 0 unspecified atom stereocenters. The molecule has 26 heavy (non-hydrogen) atoms. The summed E-state index contributed by atoms with van der Waals surface area (Å²) in [5, 5.41) is 5.85. The minimum absolute atomic E-state index is 0.0687. The molecule has 0 saturated carbocycles. The van der Waals surface area contributed by atoms with Gasteiger partial charge in [0.1, 0.15) is 0 Å². The maximum atomic E-state index is 13.0. The normalized spacial score (nSPS) is 11.8. The van der Waals surface area contributed by atoms with E-state index in [4.69, 9.17) is 6.42 Å². The second-order valence-electron chi connectivity index (χ2n) is 5.07. The van der Waals surface area contributed by atoms with Gasteiger partial charge in [0.05, 0.1) is 17.7 Å². The van der Waals surface area contributed by atoms with Crippen LogP contribution in [0.5, 0.6) is 0 Å². The van der Waals surface area contributed by atoms with Crippen molar-refractivity contribution in [3.8, 4) is 12.3 Å². The second-order valence-corrected chi connectivity index (χ2v) is 6.01. The maximum absolute atomic E-state index is 13.0. The highest BCUT2D eigenvalue weighted by atomic mass is 32.2. The van der Waals surface area contributed by atoms with Crippen LogP contribution in [0, 0.1) is 12.3 Å². The van der Waals surface area contributed by atoms with Gasteiger partial charge in [-0.1, -0.05) is 41.9 Å². The molecule has 0 bridgehead atoms. The van der Waals surface area contributed by atoms with Crippen molar-refractivity contribution in [2.75, 3.05) is 11.2 Å². The number of nitrogens with one attached hydrogen (secondary N) is 2. The zero-order valence-electron chi connectivity index (χ0n) is 13.2. The molecule has 0 fully saturated rings. The zero-order valence-corrected chi connectivity index (χ0v) is 14.0. The average Bonchev–Trinajstić information content (AvgIpc) is 3.02. The van der Waals surface area contributed by atoms with Crippen molar-refractivity contribution in [1.29, 1.82) is 0 Å². The van der Waals surface area contributed by atoms with Crippen LogP contribution < -0.4 is 5.43 Å². The minimum atomic E-state index is -4.59. The van der Waals surface area contributed by atoms with E-state index in [2.05, 4.69) is 31.4 Å². The molecule has 3 aromatic rings. The third kappa shape index (κ3) is 4.15. The van der Waals surface area contributed by atoms with E-state index >= 15 is 0 Å². The second kappa shape index (κ2) is 7.49. The van der Waals surface area contributed by atoms with E-state index in [9.17, 15) is 13.2 Å². The molecule has 2 heterocycles. The third-order valence-electron chi connectivity index (χ3n) is 3.29. The molecule has 9 heteroatoms. The number of H-pyrrole nitrogens is 1. The Morgan fingerprint density at radius 3 is 2.88 bits per heavy atom. The number of hydrogen-bond acceptors (Lipinski definition) is 5. The molecule has 0 saturated heterocycles. The Balaban J connectivity index is 1.83. The van der Waals surface area contributed by atoms with Crippen LogP contribution in [-0.2, 0) is 6.18 Å². The van der Waals surface area contributed by atoms with Gasteiger partial charge < -0.3 is 4.98 Å². The molecule has 1 aromatic carbocycles. The van der Waals surface area contributed by atoms with Gasteiger partial charge in [-0.05, 0) is 5.39 Å². The van der Waals surface area contributed by atoms with Crippen molar-refractivity contribution >= 4 is 34.6 Å². The van der Waals surface area contributed by atoms with E-state index in [1.165, 1.54) is 6.21 Å². The average molecular weight is 375 g/mol. The summed E-state index contributed by atoms with van der Waals surface area (Å²) in [6, 6.07) is 8.43. The lowest BCUT2D eigenvalue weighted by Crippen LogP contribution is -2.10. The van der Waals surface area contributed by atoms with E-state index in [1.54, 1.807) is 0 Å². The lowest BCUT2D eigenvalue weighted by molar-refractivity contribution is -0.141. The first-order valence-electron chi connectivity index (χ1n) is 7.35. The molecule has 0 amide bonds. The van der Waals surface area contributed by atoms with E-state index in [1.807, 2.05) is 30.5 Å². The van der Waals surface area contributed by atoms with Crippen LogP contribution in [0.25, 0.3) is 10.8 Å². The first-order valence-corrected chi connectivity index (χ1v) is 8.33. The number of rotatable bonds is 5. The first-order chi connectivity index (χ1) is 12.5. The molecule has 0 atom stereocenters. The fourth-order valence-electron chi connectivity index (χ4n) is 2.17. The van der Waals surface area contributed by atoms with Crippen molar-refractivity contribution in [2.24, 2.45) is 5.10 Å². The number of thioether (sulfide) groups is 1. The summed E-state index contributed by atoms with van der Waals surface area (Å²) < 4.78 is 38.9. The third-order valence-corrected chi connectivity index (χ3v) is 4.04. The largest absolute Gasteiger partial charge is 0.433 e. The number of fused-ring (bicyclic) bond motifs is 1. The SMILES string of the molecule is C#CCSc1nc(N/N=C/c2[nH]cc3ccccc23)cc(C(F)(F)F)n1. The van der Waals surface area contributed by atoms with Crippen LogP contribution in [0.4, 0.5) is 19.0 Å². The number of aromatic amines is 1. The summed E-state index contributed by atoms with van der Waals surface area (Å²) >= 11 is 0.942. The molecule has 2 N–H and O–H groups in total. The number of anilines is 1. The molecule has 5 nitrogen and oxygen atoms in total. The molecular weight excluding hydrogens is 363 g/mol. The number of hydrogen-bond donors (Lipinski definition) is 2. The fraction of sp³-hybridized carbons (Fsp3) is 0.118. The molecule has 0 radical (unpaired) electrons.